The first-order chi connectivity index (χ1) is 4.06. The lowest BCUT2D eigenvalue weighted by Crippen LogP contribution is -2.26. The van der Waals surface area contributed by atoms with Gasteiger partial charge in [0.2, 0.25) is 0 Å². The fourth-order valence-corrected chi connectivity index (χ4v) is 1.37. The minimum atomic E-state index is -0.0949. The van der Waals surface area contributed by atoms with Gasteiger partial charge < -0.3 is 0 Å². The van der Waals surface area contributed by atoms with Crippen molar-refractivity contribution in [3.8, 4) is 0 Å². The van der Waals surface area contributed by atoms with Crippen LogP contribution in [0, 0.1) is 0 Å². The van der Waals surface area contributed by atoms with E-state index in [-0.39, 0.29) is 10.4 Å². The Morgan fingerprint density at radius 3 is 2.22 bits per heavy atom. The molecule has 4 heteroatoms. The van der Waals surface area contributed by atoms with Gasteiger partial charge in [0.1, 0.15) is 0 Å². The molecule has 0 atom stereocenters. The summed E-state index contributed by atoms with van der Waals surface area (Å²) in [6.45, 7) is 2.04. The van der Waals surface area contributed by atoms with Gasteiger partial charge in [0, 0.05) is 15.9 Å². The topological polar surface area (TPSA) is 20.3 Å². The van der Waals surface area contributed by atoms with E-state index >= 15 is 0 Å². The molecule has 1 aliphatic carbocycles. The van der Waals surface area contributed by atoms with E-state index in [4.69, 9.17) is 0 Å². The number of halogens is 2. The molecule has 0 spiro atoms. The van der Waals surface area contributed by atoms with E-state index in [0.717, 1.165) is 12.8 Å². The van der Waals surface area contributed by atoms with Crippen LogP contribution in [0.15, 0.2) is 0 Å². The van der Waals surface area contributed by atoms with Gasteiger partial charge in [-0.1, -0.05) is 0 Å². The summed E-state index contributed by atoms with van der Waals surface area (Å²) in [6.07, 6.45) is 2.19. The minimum Gasteiger partial charge on any atom is -0.263 e. The Hall–Kier alpha value is 0.430. The van der Waals surface area contributed by atoms with Crippen LogP contribution in [-0.2, 0) is 0 Å². The quantitative estimate of drug-likeness (QED) is 0.401. The van der Waals surface area contributed by atoms with Crippen LogP contribution in [0.1, 0.15) is 19.8 Å². The van der Waals surface area contributed by atoms with Gasteiger partial charge in [0.05, 0.1) is 21.7 Å². The van der Waals surface area contributed by atoms with Crippen molar-refractivity contribution < 1.29 is 4.79 Å². The molecule has 0 N–H and O–H groups in total. The van der Waals surface area contributed by atoms with E-state index in [9.17, 15) is 4.79 Å². The summed E-state index contributed by atoms with van der Waals surface area (Å²) in [5.41, 5.74) is 0.0839. The largest absolute Gasteiger partial charge is 0.300 e. The molecule has 0 saturated heterocycles. The molecule has 0 unspecified atom stereocenters. The molecular weight excluding hydrogens is 250 g/mol. The van der Waals surface area contributed by atoms with E-state index in [1.54, 1.807) is 3.93 Å². The molecule has 0 radical (unpaired) electrons. The average molecular weight is 257 g/mol. The molecule has 1 aliphatic rings. The zero-order valence-corrected chi connectivity index (χ0v) is 8.20. The van der Waals surface area contributed by atoms with Crippen molar-refractivity contribution in [3.05, 3.63) is 0 Å². The number of carbonyl (C=O) groups excluding carboxylic acids is 1. The summed E-state index contributed by atoms with van der Waals surface area (Å²) in [5, 5.41) is 0. The molecule has 1 amide bonds. The van der Waals surface area contributed by atoms with Crippen LogP contribution in [-0.4, -0.2) is 14.3 Å². The third-order valence-corrected chi connectivity index (χ3v) is 3.61. The van der Waals surface area contributed by atoms with Gasteiger partial charge in [0.25, 0.3) is 4.82 Å². The fourth-order valence-electron chi connectivity index (χ4n) is 0.589. The van der Waals surface area contributed by atoms with Crippen LogP contribution in [0.5, 0.6) is 0 Å². The van der Waals surface area contributed by atoms with Crippen LogP contribution >= 0.6 is 32.1 Å². The molecule has 0 aromatic heterocycles. The van der Waals surface area contributed by atoms with E-state index in [0.29, 0.717) is 0 Å². The van der Waals surface area contributed by atoms with E-state index < -0.39 is 0 Å². The Morgan fingerprint density at radius 2 is 2.11 bits per heavy atom. The summed E-state index contributed by atoms with van der Waals surface area (Å²) in [5.74, 6) is 0. The maximum Gasteiger partial charge on any atom is 0.300 e. The summed E-state index contributed by atoms with van der Waals surface area (Å²) in [4.78, 5) is 10.5. The number of carbonyl (C=O) groups is 1. The summed E-state index contributed by atoms with van der Waals surface area (Å²) in [7, 11) is 0. The first-order valence-electron chi connectivity index (χ1n) is 2.72. The molecule has 1 fully saturated rings. The second-order valence-corrected chi connectivity index (χ2v) is 3.92. The van der Waals surface area contributed by atoms with Gasteiger partial charge in [-0.05, 0) is 19.8 Å². The maximum atomic E-state index is 10.6. The van der Waals surface area contributed by atoms with Crippen LogP contribution in [0.2, 0.25) is 0 Å². The lowest BCUT2D eigenvalue weighted by atomic mass is 10.3. The molecule has 52 valence electrons. The predicted molar refractivity (Wildman–Crippen MR) is 42.7 cm³/mol. The van der Waals surface area contributed by atoms with Crippen LogP contribution in [0.3, 0.4) is 0 Å². The molecule has 0 aromatic carbocycles. The van der Waals surface area contributed by atoms with Crippen molar-refractivity contribution in [2.24, 2.45) is 0 Å². The first-order valence-corrected chi connectivity index (χ1v) is 4.22. The maximum absolute atomic E-state index is 10.6. The third kappa shape index (κ3) is 1.46. The molecular formula is C5H7Br2NO. The summed E-state index contributed by atoms with van der Waals surface area (Å²) in [6, 6.07) is 0. The van der Waals surface area contributed by atoms with Gasteiger partial charge in [-0.25, -0.2) is 0 Å². The third-order valence-electron chi connectivity index (χ3n) is 1.60. The van der Waals surface area contributed by atoms with Gasteiger partial charge in [-0.2, -0.15) is 0 Å². The van der Waals surface area contributed by atoms with Gasteiger partial charge in [0.15, 0.2) is 0 Å². The lowest BCUT2D eigenvalue weighted by molar-refractivity contribution is 0.242. The second-order valence-electron chi connectivity index (χ2n) is 2.53. The number of rotatable bonds is 1. The van der Waals surface area contributed by atoms with Crippen LogP contribution in [0.4, 0.5) is 4.79 Å². The second kappa shape index (κ2) is 2.23. The number of hydrogen-bond acceptors (Lipinski definition) is 1. The highest BCUT2D eigenvalue weighted by molar-refractivity contribution is 9.19. The zero-order valence-electron chi connectivity index (χ0n) is 5.03. The number of nitrogens with zero attached hydrogens (tertiary/aromatic N) is 1. The van der Waals surface area contributed by atoms with Gasteiger partial charge >= 0.3 is 0 Å². The van der Waals surface area contributed by atoms with Crippen molar-refractivity contribution in [1.82, 2.24) is 3.93 Å². The first kappa shape index (κ1) is 7.54. The molecule has 0 aliphatic heterocycles. The lowest BCUT2D eigenvalue weighted by Gasteiger charge is -2.17. The highest BCUT2D eigenvalue weighted by Gasteiger charge is 2.44. The average Bonchev–Trinajstić information content (AvgIpc) is 2.47. The van der Waals surface area contributed by atoms with E-state index in [1.807, 2.05) is 6.92 Å². The standard InChI is InChI=1S/C5H7Br2NO/c1-5(2-3-5)8(7)4(6)9/h2-3H2,1H3. The summed E-state index contributed by atoms with van der Waals surface area (Å²) >= 11 is 6.02. The molecule has 1 rings (SSSR count). The summed E-state index contributed by atoms with van der Waals surface area (Å²) < 4.78 is 1.56. The van der Waals surface area contributed by atoms with E-state index in [2.05, 4.69) is 32.1 Å². The van der Waals surface area contributed by atoms with Crippen LogP contribution < -0.4 is 0 Å². The molecule has 9 heavy (non-hydrogen) atoms. The highest BCUT2D eigenvalue weighted by atomic mass is 79.9. The Labute approximate surface area is 71.1 Å². The monoisotopic (exact) mass is 255 g/mol. The van der Waals surface area contributed by atoms with Crippen molar-refractivity contribution >= 4 is 36.9 Å². The Balaban J connectivity index is 2.52. The Bertz CT molecular complexity index is 144. The number of hydrogen-bond donors (Lipinski definition) is 0. The smallest absolute Gasteiger partial charge is 0.263 e. The molecule has 2 nitrogen and oxygen atoms in total. The number of amides is 1. The van der Waals surface area contributed by atoms with Gasteiger partial charge in [-0.3, -0.25) is 8.72 Å². The highest BCUT2D eigenvalue weighted by Crippen LogP contribution is 2.43. The molecule has 0 heterocycles. The van der Waals surface area contributed by atoms with Crippen molar-refractivity contribution in [2.45, 2.75) is 25.3 Å². The normalized spacial score (nSPS) is 21.2. The SMILES string of the molecule is CC1(N(Br)C(=O)Br)CC1. The van der Waals surface area contributed by atoms with Crippen LogP contribution in [0.25, 0.3) is 0 Å². The van der Waals surface area contributed by atoms with Crippen molar-refractivity contribution in [3.63, 3.8) is 0 Å². The van der Waals surface area contributed by atoms with Gasteiger partial charge in [-0.15, -0.1) is 0 Å². The van der Waals surface area contributed by atoms with E-state index in [1.165, 1.54) is 0 Å². The molecule has 0 aromatic rings. The van der Waals surface area contributed by atoms with Crippen molar-refractivity contribution in [1.29, 1.82) is 0 Å². The predicted octanol–water partition coefficient (Wildman–Crippen LogP) is 2.67. The molecule has 1 saturated carbocycles. The zero-order chi connectivity index (χ0) is 7.07. The Kier molecular flexibility index (Phi) is 1.87. The van der Waals surface area contributed by atoms with Crippen molar-refractivity contribution in [2.75, 3.05) is 0 Å². The molecule has 0 bridgehead atoms. The fraction of sp³-hybridized carbons (Fsp3) is 0.800. The minimum absolute atomic E-state index is 0.0839. The Morgan fingerprint density at radius 1 is 1.67 bits per heavy atom.